The Bertz CT molecular complexity index is 168. The van der Waals surface area contributed by atoms with Gasteiger partial charge in [0, 0.05) is 0 Å². The summed E-state index contributed by atoms with van der Waals surface area (Å²) in [6, 6.07) is 0. The highest BCUT2D eigenvalue weighted by Crippen LogP contribution is 2.06. The second kappa shape index (κ2) is 5.40. The second-order valence-electron chi connectivity index (χ2n) is 2.87. The van der Waals surface area contributed by atoms with Gasteiger partial charge in [0.05, 0.1) is 6.21 Å². The monoisotopic (exact) mass is 174 g/mol. The minimum Gasteiger partial charge on any atom is -0.440 e. The summed E-state index contributed by atoms with van der Waals surface area (Å²) in [7, 11) is 0. The average molecular weight is 174 g/mol. The molecule has 0 aliphatic rings. The molecule has 0 saturated heterocycles. The summed E-state index contributed by atoms with van der Waals surface area (Å²) in [5.74, 6) is 0.340. The van der Waals surface area contributed by atoms with Crippen LogP contribution in [0.2, 0.25) is 0 Å². The molecular formula is C7H14N2O3. The first-order valence-electron chi connectivity index (χ1n) is 3.70. The molecule has 0 aromatic carbocycles. The third-order valence-electron chi connectivity index (χ3n) is 1.20. The van der Waals surface area contributed by atoms with E-state index in [0.29, 0.717) is 12.3 Å². The second-order valence-corrected chi connectivity index (χ2v) is 2.87. The maximum absolute atomic E-state index is 10.3. The largest absolute Gasteiger partial charge is 0.440 e. The van der Waals surface area contributed by atoms with Crippen molar-refractivity contribution in [3.05, 3.63) is 0 Å². The summed E-state index contributed by atoms with van der Waals surface area (Å²) in [6.07, 6.45) is 0.339. The Morgan fingerprint density at radius 2 is 2.33 bits per heavy atom. The van der Waals surface area contributed by atoms with Crippen molar-refractivity contribution in [1.29, 1.82) is 0 Å². The van der Waals surface area contributed by atoms with Gasteiger partial charge >= 0.3 is 6.09 Å². The molecular weight excluding hydrogens is 160 g/mol. The summed E-state index contributed by atoms with van der Waals surface area (Å²) >= 11 is 0. The van der Waals surface area contributed by atoms with E-state index in [4.69, 9.17) is 10.9 Å². The minimum absolute atomic E-state index is 0.340. The van der Waals surface area contributed by atoms with Crippen molar-refractivity contribution in [2.24, 2.45) is 16.8 Å². The number of rotatable bonds is 4. The van der Waals surface area contributed by atoms with Gasteiger partial charge in [-0.2, -0.15) is 0 Å². The van der Waals surface area contributed by atoms with E-state index in [2.05, 4.69) is 9.89 Å². The fourth-order valence-electron chi connectivity index (χ4n) is 0.828. The van der Waals surface area contributed by atoms with Crippen molar-refractivity contribution in [3.63, 3.8) is 0 Å². The van der Waals surface area contributed by atoms with Gasteiger partial charge in [-0.3, -0.25) is 0 Å². The molecule has 0 aliphatic heterocycles. The Morgan fingerprint density at radius 1 is 1.75 bits per heavy atom. The van der Waals surface area contributed by atoms with Gasteiger partial charge in [-0.1, -0.05) is 19.0 Å². The molecule has 0 aromatic heterocycles. The summed E-state index contributed by atoms with van der Waals surface area (Å²) < 4.78 is 4.63. The Hall–Kier alpha value is -1.26. The summed E-state index contributed by atoms with van der Waals surface area (Å²) in [6.45, 7) is 3.92. The minimum atomic E-state index is -0.861. The molecule has 0 heterocycles. The lowest BCUT2D eigenvalue weighted by molar-refractivity contribution is 0.127. The molecule has 0 aliphatic carbocycles. The van der Waals surface area contributed by atoms with Gasteiger partial charge in [-0.25, -0.2) is 4.79 Å². The van der Waals surface area contributed by atoms with Crippen LogP contribution in [0.25, 0.3) is 0 Å². The number of primary amides is 1. The predicted octanol–water partition coefficient (Wildman–Crippen LogP) is 0.956. The molecule has 0 aromatic rings. The molecule has 5 heteroatoms. The summed E-state index contributed by atoms with van der Waals surface area (Å²) in [4.78, 5) is 10.3. The molecule has 1 unspecified atom stereocenters. The van der Waals surface area contributed by atoms with Gasteiger partial charge in [-0.05, 0) is 12.3 Å². The maximum atomic E-state index is 10.3. The van der Waals surface area contributed by atoms with E-state index in [9.17, 15) is 4.79 Å². The van der Waals surface area contributed by atoms with Crippen LogP contribution in [0.5, 0.6) is 0 Å². The number of nitrogens with two attached hydrogens (primary N) is 1. The Kier molecular flexibility index (Phi) is 4.83. The molecule has 3 N–H and O–H groups in total. The normalized spacial score (nSPS) is 13.6. The number of ether oxygens (including phenoxy) is 1. The average Bonchev–Trinajstić information content (AvgIpc) is 1.84. The van der Waals surface area contributed by atoms with Crippen molar-refractivity contribution in [2.75, 3.05) is 0 Å². The number of amides is 1. The Morgan fingerprint density at radius 3 is 2.67 bits per heavy atom. The summed E-state index contributed by atoms with van der Waals surface area (Å²) in [5, 5.41) is 11.0. The van der Waals surface area contributed by atoms with Crippen LogP contribution in [0.15, 0.2) is 5.16 Å². The van der Waals surface area contributed by atoms with Crippen LogP contribution in [-0.4, -0.2) is 23.6 Å². The zero-order valence-corrected chi connectivity index (χ0v) is 7.23. The van der Waals surface area contributed by atoms with Crippen molar-refractivity contribution in [3.8, 4) is 0 Å². The third kappa shape index (κ3) is 5.52. The topological polar surface area (TPSA) is 84.9 Å². The molecule has 1 amide bonds. The van der Waals surface area contributed by atoms with Crippen LogP contribution in [0.1, 0.15) is 20.3 Å². The van der Waals surface area contributed by atoms with Gasteiger partial charge in [-0.15, -0.1) is 0 Å². The number of nitrogens with zero attached hydrogens (tertiary/aromatic N) is 1. The predicted molar refractivity (Wildman–Crippen MR) is 44.2 cm³/mol. The molecule has 0 radical (unpaired) electrons. The third-order valence-corrected chi connectivity index (χ3v) is 1.20. The van der Waals surface area contributed by atoms with E-state index in [1.54, 1.807) is 0 Å². The molecule has 70 valence electrons. The number of oxime groups is 1. The van der Waals surface area contributed by atoms with E-state index in [-0.39, 0.29) is 0 Å². The molecule has 5 nitrogen and oxygen atoms in total. The highest BCUT2D eigenvalue weighted by atomic mass is 16.6. The van der Waals surface area contributed by atoms with Gasteiger partial charge in [0.15, 0.2) is 0 Å². The van der Waals surface area contributed by atoms with Crippen LogP contribution in [0, 0.1) is 5.92 Å². The Labute approximate surface area is 71.2 Å². The zero-order chi connectivity index (χ0) is 9.56. The first-order chi connectivity index (χ1) is 5.56. The SMILES string of the molecule is CC(C)CC(C=NO)OC(N)=O. The molecule has 0 rings (SSSR count). The van der Waals surface area contributed by atoms with Crippen molar-refractivity contribution >= 4 is 12.3 Å². The molecule has 12 heavy (non-hydrogen) atoms. The van der Waals surface area contributed by atoms with Crippen LogP contribution >= 0.6 is 0 Å². The van der Waals surface area contributed by atoms with E-state index < -0.39 is 12.2 Å². The molecule has 1 atom stereocenters. The number of hydrogen-bond donors (Lipinski definition) is 2. The van der Waals surface area contributed by atoms with E-state index >= 15 is 0 Å². The van der Waals surface area contributed by atoms with Crippen LogP contribution in [-0.2, 0) is 4.74 Å². The molecule has 0 saturated carbocycles. The summed E-state index contributed by atoms with van der Waals surface area (Å²) in [5.41, 5.74) is 4.79. The first kappa shape index (κ1) is 10.7. The number of carbonyl (C=O) groups is 1. The van der Waals surface area contributed by atoms with Crippen molar-refractivity contribution < 1.29 is 14.7 Å². The smallest absolute Gasteiger partial charge is 0.405 e. The van der Waals surface area contributed by atoms with Gasteiger partial charge in [0.25, 0.3) is 0 Å². The highest BCUT2D eigenvalue weighted by Gasteiger charge is 2.11. The maximum Gasteiger partial charge on any atom is 0.405 e. The first-order valence-corrected chi connectivity index (χ1v) is 3.70. The van der Waals surface area contributed by atoms with E-state index in [1.807, 2.05) is 13.8 Å². The van der Waals surface area contributed by atoms with Gasteiger partial charge in [0.2, 0.25) is 0 Å². The van der Waals surface area contributed by atoms with Gasteiger partial charge < -0.3 is 15.7 Å². The molecule has 0 spiro atoms. The Balaban J connectivity index is 3.95. The van der Waals surface area contributed by atoms with Crippen LogP contribution in [0.4, 0.5) is 4.79 Å². The lowest BCUT2D eigenvalue weighted by atomic mass is 10.1. The molecule has 0 fully saturated rings. The van der Waals surface area contributed by atoms with Crippen LogP contribution < -0.4 is 5.73 Å². The zero-order valence-electron chi connectivity index (χ0n) is 7.23. The fraction of sp³-hybridized carbons (Fsp3) is 0.714. The standard InChI is InChI=1S/C7H14N2O3/c1-5(2)3-6(4-9-11)12-7(8)10/h4-6,11H,3H2,1-2H3,(H2,8,10). The van der Waals surface area contributed by atoms with E-state index in [1.165, 1.54) is 0 Å². The van der Waals surface area contributed by atoms with Crippen molar-refractivity contribution in [1.82, 2.24) is 0 Å². The lowest BCUT2D eigenvalue weighted by Gasteiger charge is -2.12. The van der Waals surface area contributed by atoms with E-state index in [0.717, 1.165) is 6.21 Å². The van der Waals surface area contributed by atoms with Crippen molar-refractivity contribution in [2.45, 2.75) is 26.4 Å². The quantitative estimate of drug-likeness (QED) is 0.378. The number of hydrogen-bond acceptors (Lipinski definition) is 4. The highest BCUT2D eigenvalue weighted by molar-refractivity contribution is 5.70. The van der Waals surface area contributed by atoms with Crippen LogP contribution in [0.3, 0.4) is 0 Å². The number of carbonyl (C=O) groups excluding carboxylic acids is 1. The van der Waals surface area contributed by atoms with Gasteiger partial charge in [0.1, 0.15) is 6.10 Å². The fourth-order valence-corrected chi connectivity index (χ4v) is 0.828. The lowest BCUT2D eigenvalue weighted by Crippen LogP contribution is -2.25. The molecule has 0 bridgehead atoms.